The fraction of sp³-hybridized carbons (Fsp3) is 0.370. The van der Waals surface area contributed by atoms with Crippen LogP contribution in [-0.4, -0.2) is 58.9 Å². The molecule has 4 amide bonds. The van der Waals surface area contributed by atoms with E-state index in [1.807, 2.05) is 0 Å². The number of aliphatic carboxylic acids is 1. The number of carbonyl (C=O) groups is 5. The molecule has 2 rings (SSSR count). The van der Waals surface area contributed by atoms with Crippen molar-refractivity contribution in [2.45, 2.75) is 57.3 Å². The molecule has 8 N–H and O–H groups in total. The van der Waals surface area contributed by atoms with Gasteiger partial charge in [-0.15, -0.1) is 0 Å². The number of carboxylic acids is 1. The van der Waals surface area contributed by atoms with Crippen molar-refractivity contribution in [1.29, 1.82) is 0 Å². The van der Waals surface area contributed by atoms with Crippen molar-refractivity contribution in [1.82, 2.24) is 16.0 Å². The van der Waals surface area contributed by atoms with Crippen LogP contribution in [0.5, 0.6) is 0 Å². The second-order valence-electron chi connectivity index (χ2n) is 9.35. The average Bonchev–Trinajstić information content (AvgIpc) is 2.86. The molecular formula is C27H35N5O6. The van der Waals surface area contributed by atoms with Gasteiger partial charge in [0.15, 0.2) is 0 Å². The SMILES string of the molecule is CC(C)C(NC(=O)C(N)CC(N)=O)C(=O)NC(Cc1ccccc1)C(=O)NC(Cc1ccccc1)C(=O)O. The number of amides is 4. The number of nitrogens with one attached hydrogen (secondary N) is 3. The summed E-state index contributed by atoms with van der Waals surface area (Å²) in [6.07, 6.45) is -0.262. The van der Waals surface area contributed by atoms with E-state index in [1.165, 1.54) is 0 Å². The van der Waals surface area contributed by atoms with Crippen molar-refractivity contribution in [2.75, 3.05) is 0 Å². The topological polar surface area (TPSA) is 194 Å². The predicted molar refractivity (Wildman–Crippen MR) is 140 cm³/mol. The lowest BCUT2D eigenvalue weighted by Crippen LogP contribution is -2.59. The van der Waals surface area contributed by atoms with Crippen molar-refractivity contribution in [3.63, 3.8) is 0 Å². The number of carboxylic acid groups (broad SMARTS) is 1. The van der Waals surface area contributed by atoms with E-state index in [-0.39, 0.29) is 12.8 Å². The molecule has 0 bridgehead atoms. The van der Waals surface area contributed by atoms with Gasteiger partial charge in [0.2, 0.25) is 23.6 Å². The van der Waals surface area contributed by atoms with Crippen LogP contribution in [0.15, 0.2) is 60.7 Å². The smallest absolute Gasteiger partial charge is 0.326 e. The first-order valence-corrected chi connectivity index (χ1v) is 12.2. The molecule has 11 heteroatoms. The summed E-state index contributed by atoms with van der Waals surface area (Å²) in [5.41, 5.74) is 12.3. The number of primary amides is 1. The Labute approximate surface area is 221 Å². The standard InChI is InChI=1S/C27H35N5O6/c1-16(2)23(32-24(34)19(28)15-22(29)33)26(36)30-20(13-17-9-5-3-6-10-17)25(35)31-21(27(37)38)14-18-11-7-4-8-12-18/h3-12,16,19-21,23H,13-15,28H2,1-2H3,(H2,29,33)(H,30,36)(H,31,35)(H,32,34)(H,37,38). The molecule has 0 aliphatic heterocycles. The highest BCUT2D eigenvalue weighted by Crippen LogP contribution is 2.09. The van der Waals surface area contributed by atoms with Crippen molar-refractivity contribution in [2.24, 2.45) is 17.4 Å². The molecule has 0 fully saturated rings. The Bertz CT molecular complexity index is 1110. The van der Waals surface area contributed by atoms with Gasteiger partial charge in [-0.3, -0.25) is 19.2 Å². The largest absolute Gasteiger partial charge is 0.480 e. The van der Waals surface area contributed by atoms with Crippen LogP contribution in [-0.2, 0) is 36.8 Å². The summed E-state index contributed by atoms with van der Waals surface area (Å²) in [5, 5.41) is 17.4. The highest BCUT2D eigenvalue weighted by molar-refractivity contribution is 5.95. The van der Waals surface area contributed by atoms with Crippen LogP contribution in [0.3, 0.4) is 0 Å². The Balaban J connectivity index is 2.22. The molecule has 0 heterocycles. The van der Waals surface area contributed by atoms with Crippen LogP contribution < -0.4 is 27.4 Å². The number of hydrogen-bond donors (Lipinski definition) is 6. The Kier molecular flexibility index (Phi) is 11.4. The van der Waals surface area contributed by atoms with Gasteiger partial charge < -0.3 is 32.5 Å². The van der Waals surface area contributed by atoms with E-state index < -0.39 is 66.1 Å². The molecule has 0 saturated carbocycles. The molecule has 0 aromatic heterocycles. The minimum atomic E-state index is -1.24. The number of benzene rings is 2. The fourth-order valence-corrected chi connectivity index (χ4v) is 3.75. The Hall–Kier alpha value is -4.25. The highest BCUT2D eigenvalue weighted by atomic mass is 16.4. The molecular weight excluding hydrogens is 490 g/mol. The van der Waals surface area contributed by atoms with Gasteiger partial charge in [0.05, 0.1) is 12.5 Å². The molecule has 0 spiro atoms. The third-order valence-corrected chi connectivity index (χ3v) is 5.82. The second kappa shape index (κ2) is 14.5. The van der Waals surface area contributed by atoms with E-state index in [9.17, 15) is 29.1 Å². The molecule has 0 aliphatic rings. The monoisotopic (exact) mass is 525 g/mol. The number of rotatable bonds is 14. The first kappa shape index (κ1) is 30.0. The zero-order valence-corrected chi connectivity index (χ0v) is 21.4. The zero-order chi connectivity index (χ0) is 28.2. The Morgan fingerprint density at radius 3 is 1.66 bits per heavy atom. The van der Waals surface area contributed by atoms with Crippen molar-refractivity contribution in [3.8, 4) is 0 Å². The third-order valence-electron chi connectivity index (χ3n) is 5.82. The van der Waals surface area contributed by atoms with E-state index in [0.29, 0.717) is 0 Å². The number of nitrogens with two attached hydrogens (primary N) is 2. The van der Waals surface area contributed by atoms with Crippen molar-refractivity contribution >= 4 is 29.6 Å². The molecule has 11 nitrogen and oxygen atoms in total. The maximum absolute atomic E-state index is 13.3. The quantitative estimate of drug-likeness (QED) is 0.198. The number of carbonyl (C=O) groups excluding carboxylic acids is 4. The number of hydrogen-bond acceptors (Lipinski definition) is 6. The maximum atomic E-state index is 13.3. The van der Waals surface area contributed by atoms with Crippen LogP contribution in [0.2, 0.25) is 0 Å². The zero-order valence-electron chi connectivity index (χ0n) is 21.4. The summed E-state index contributed by atoms with van der Waals surface area (Å²) in [4.78, 5) is 62.0. The molecule has 38 heavy (non-hydrogen) atoms. The summed E-state index contributed by atoms with van der Waals surface area (Å²) < 4.78 is 0. The molecule has 4 unspecified atom stereocenters. The van der Waals surface area contributed by atoms with Crippen LogP contribution >= 0.6 is 0 Å². The maximum Gasteiger partial charge on any atom is 0.326 e. The van der Waals surface area contributed by atoms with Gasteiger partial charge >= 0.3 is 5.97 Å². The van der Waals surface area contributed by atoms with E-state index in [2.05, 4.69) is 16.0 Å². The summed E-state index contributed by atoms with van der Waals surface area (Å²) in [6, 6.07) is 13.1. The lowest BCUT2D eigenvalue weighted by Gasteiger charge is -2.27. The van der Waals surface area contributed by atoms with Gasteiger partial charge in [-0.1, -0.05) is 74.5 Å². The summed E-state index contributed by atoms with van der Waals surface area (Å²) in [5.74, 6) is -4.47. The van der Waals surface area contributed by atoms with Gasteiger partial charge in [-0.05, 0) is 17.0 Å². The van der Waals surface area contributed by atoms with Gasteiger partial charge in [0.25, 0.3) is 0 Å². The van der Waals surface area contributed by atoms with Crippen LogP contribution in [0.4, 0.5) is 0 Å². The van der Waals surface area contributed by atoms with Crippen LogP contribution in [0, 0.1) is 5.92 Å². The summed E-state index contributed by atoms with van der Waals surface area (Å²) >= 11 is 0. The average molecular weight is 526 g/mol. The lowest BCUT2D eigenvalue weighted by atomic mass is 9.99. The lowest BCUT2D eigenvalue weighted by molar-refractivity contribution is -0.142. The van der Waals surface area contributed by atoms with E-state index in [0.717, 1.165) is 11.1 Å². The minimum absolute atomic E-state index is 0.0519. The third kappa shape index (κ3) is 9.66. The predicted octanol–water partition coefficient (Wildman–Crippen LogP) is -0.130. The molecule has 2 aromatic rings. The van der Waals surface area contributed by atoms with Gasteiger partial charge in [-0.2, -0.15) is 0 Å². The van der Waals surface area contributed by atoms with Crippen molar-refractivity contribution < 1.29 is 29.1 Å². The minimum Gasteiger partial charge on any atom is -0.480 e. The van der Waals surface area contributed by atoms with Crippen molar-refractivity contribution in [3.05, 3.63) is 71.8 Å². The first-order valence-electron chi connectivity index (χ1n) is 12.2. The fourth-order valence-electron chi connectivity index (χ4n) is 3.75. The molecule has 0 radical (unpaired) electrons. The molecule has 204 valence electrons. The normalized spacial score (nSPS) is 14.0. The molecule has 4 atom stereocenters. The Morgan fingerprint density at radius 1 is 0.737 bits per heavy atom. The van der Waals surface area contributed by atoms with Gasteiger partial charge in [0, 0.05) is 12.8 Å². The van der Waals surface area contributed by atoms with E-state index in [1.54, 1.807) is 74.5 Å². The van der Waals surface area contributed by atoms with Gasteiger partial charge in [-0.25, -0.2) is 4.79 Å². The Morgan fingerprint density at radius 2 is 1.21 bits per heavy atom. The molecule has 2 aromatic carbocycles. The highest BCUT2D eigenvalue weighted by Gasteiger charge is 2.32. The van der Waals surface area contributed by atoms with E-state index >= 15 is 0 Å². The summed E-state index contributed by atoms with van der Waals surface area (Å²) in [7, 11) is 0. The van der Waals surface area contributed by atoms with Crippen LogP contribution in [0.25, 0.3) is 0 Å². The van der Waals surface area contributed by atoms with Crippen LogP contribution in [0.1, 0.15) is 31.4 Å². The molecule has 0 aliphatic carbocycles. The second-order valence-corrected chi connectivity index (χ2v) is 9.35. The summed E-state index contributed by atoms with van der Waals surface area (Å²) in [6.45, 7) is 3.38. The van der Waals surface area contributed by atoms with Gasteiger partial charge in [0.1, 0.15) is 18.1 Å². The molecule has 0 saturated heterocycles. The van der Waals surface area contributed by atoms with E-state index in [4.69, 9.17) is 11.5 Å². The first-order chi connectivity index (χ1) is 18.0.